The molecule has 3 aliphatic heterocycles. The van der Waals surface area contributed by atoms with Gasteiger partial charge in [0.05, 0.1) is 31.7 Å². The third kappa shape index (κ3) is 8.50. The van der Waals surface area contributed by atoms with Gasteiger partial charge in [-0.05, 0) is 110 Å². The van der Waals surface area contributed by atoms with E-state index in [0.29, 0.717) is 38.2 Å². The highest BCUT2D eigenvalue weighted by Crippen LogP contribution is 2.42. The Labute approximate surface area is 333 Å². The number of aromatic nitrogens is 4. The summed E-state index contributed by atoms with van der Waals surface area (Å²) in [6, 6.07) is 8.65. The summed E-state index contributed by atoms with van der Waals surface area (Å²) in [5, 5.41) is 40.1. The first-order valence-corrected chi connectivity index (χ1v) is 20.8. The summed E-state index contributed by atoms with van der Waals surface area (Å²) in [7, 11) is 1.43. The number of methoxy groups -OCH3 is 1. The molecule has 6 heterocycles. The second-order valence-electron chi connectivity index (χ2n) is 15.5. The van der Waals surface area contributed by atoms with Gasteiger partial charge in [-0.3, -0.25) is 9.78 Å². The molecule has 304 valence electrons. The highest BCUT2D eigenvalue weighted by Gasteiger charge is 2.43. The molecule has 3 aliphatic rings. The van der Waals surface area contributed by atoms with Crippen molar-refractivity contribution in [2.24, 2.45) is 0 Å². The summed E-state index contributed by atoms with van der Waals surface area (Å²) in [4.78, 5) is 30.2. The highest BCUT2D eigenvalue weighted by molar-refractivity contribution is 7.99. The number of carbonyl (C=O) groups excluding carboxylic acids is 1. The van der Waals surface area contributed by atoms with Crippen molar-refractivity contribution < 1.29 is 39.4 Å². The predicted molar refractivity (Wildman–Crippen MR) is 220 cm³/mol. The number of hydrogen-bond donors (Lipinski definition) is 6. The van der Waals surface area contributed by atoms with E-state index < -0.39 is 36.5 Å². The standard InChI is InChI=1S/C43H58N4O8S/c1-9-27-23(4)31-18-35-38(22(3)20-54-13-10-14-56-43-42(52)41(51)40(50)36(19-48)55-43)25(6)33(46-35)17-32-24(5)28(11-12-37(49)53-8)39(47-32)26(7)30-15-21(2)29(44-30)16-34(27)45-31/h15-18,22,24,28,36,40-44,46,48,50-52H,9-14,19-20H2,1-8H3/t22?,24-,28-,36+,40+,41-,42+,43-/m0/s1. The van der Waals surface area contributed by atoms with Gasteiger partial charge in [-0.2, -0.15) is 0 Å². The molecule has 0 aromatic carbocycles. The number of hydrogen-bond acceptors (Lipinski definition) is 11. The van der Waals surface area contributed by atoms with E-state index in [1.54, 1.807) is 0 Å². The minimum Gasteiger partial charge on any atom is -0.469 e. The van der Waals surface area contributed by atoms with Crippen LogP contribution in [0.5, 0.6) is 0 Å². The second kappa shape index (κ2) is 17.9. The van der Waals surface area contributed by atoms with Crippen LogP contribution in [-0.4, -0.2) is 109 Å². The quantitative estimate of drug-likeness (QED) is 0.0825. The van der Waals surface area contributed by atoms with Crippen LogP contribution in [0, 0.1) is 20.8 Å². The number of allylic oxidation sites excluding steroid dienone is 2. The number of aryl methyl sites for hydroxylation is 3. The van der Waals surface area contributed by atoms with Crippen molar-refractivity contribution in [2.45, 2.75) is 122 Å². The Morgan fingerprint density at radius 2 is 1.66 bits per heavy atom. The number of fused-ring (bicyclic) bond motifs is 8. The predicted octanol–water partition coefficient (Wildman–Crippen LogP) is 6.46. The van der Waals surface area contributed by atoms with Crippen LogP contribution >= 0.6 is 11.8 Å². The van der Waals surface area contributed by atoms with E-state index in [1.807, 2.05) is 0 Å². The van der Waals surface area contributed by atoms with Crippen molar-refractivity contribution in [3.05, 3.63) is 69.3 Å². The molecule has 1 fully saturated rings. The zero-order valence-corrected chi connectivity index (χ0v) is 34.6. The zero-order chi connectivity index (χ0) is 40.4. The molecule has 0 aliphatic carbocycles. The summed E-state index contributed by atoms with van der Waals surface area (Å²) in [6.07, 6.45) is -2.46. The molecular weight excluding hydrogens is 733 g/mol. The molecule has 8 atom stereocenters. The van der Waals surface area contributed by atoms with Crippen LogP contribution in [0.15, 0.2) is 24.3 Å². The van der Waals surface area contributed by atoms with Gasteiger partial charge in [-0.1, -0.05) is 20.8 Å². The van der Waals surface area contributed by atoms with E-state index in [9.17, 15) is 25.2 Å². The van der Waals surface area contributed by atoms with Crippen LogP contribution in [0.1, 0.15) is 116 Å². The van der Waals surface area contributed by atoms with Crippen molar-refractivity contribution >= 4 is 50.9 Å². The maximum Gasteiger partial charge on any atom is 0.305 e. The van der Waals surface area contributed by atoms with Gasteiger partial charge in [0.25, 0.3) is 0 Å². The number of aliphatic hydroxyl groups is 4. The van der Waals surface area contributed by atoms with Crippen molar-refractivity contribution in [2.75, 3.05) is 32.7 Å². The molecule has 1 unspecified atom stereocenters. The Morgan fingerprint density at radius 1 is 0.946 bits per heavy atom. The average molecular weight is 791 g/mol. The number of nitrogens with one attached hydrogen (secondary N) is 2. The van der Waals surface area contributed by atoms with E-state index in [-0.39, 0.29) is 23.7 Å². The molecule has 8 bridgehead atoms. The van der Waals surface area contributed by atoms with Crippen molar-refractivity contribution in [1.82, 2.24) is 19.9 Å². The lowest BCUT2D eigenvalue weighted by Gasteiger charge is -2.39. The number of aliphatic hydroxyl groups excluding tert-OH is 4. The Bertz CT molecular complexity index is 2110. The number of aromatic amines is 2. The molecule has 0 saturated carbocycles. The zero-order valence-electron chi connectivity index (χ0n) is 33.8. The molecule has 0 radical (unpaired) electrons. The smallest absolute Gasteiger partial charge is 0.305 e. The normalized spacial score (nSPS) is 24.5. The SMILES string of the molecule is CCC1=C(C)c2cc3[nH]c(cc4nc(c(C)c5cc(C)c(cc1n2)[nH]5)[C@@H](CCC(=O)OC)[C@@H]4C)c(C)c3C(C)COCCCS[C@@H]1O[C@H](CO)[C@@H](O)[C@H](O)[C@H]1O. The van der Waals surface area contributed by atoms with Gasteiger partial charge < -0.3 is 44.6 Å². The van der Waals surface area contributed by atoms with Gasteiger partial charge >= 0.3 is 5.97 Å². The van der Waals surface area contributed by atoms with Crippen molar-refractivity contribution in [3.8, 4) is 0 Å². The third-order valence-corrected chi connectivity index (χ3v) is 13.0. The number of nitrogens with zero attached hydrogens (tertiary/aromatic N) is 2. The molecular formula is C43H58N4O8S. The Morgan fingerprint density at radius 3 is 2.38 bits per heavy atom. The summed E-state index contributed by atoms with van der Waals surface area (Å²) in [6.45, 7) is 15.5. The first kappa shape index (κ1) is 42.1. The Balaban J connectivity index is 1.35. The molecule has 6 rings (SSSR count). The number of esters is 1. The summed E-state index contributed by atoms with van der Waals surface area (Å²) in [5.41, 5.74) is 13.8. The van der Waals surface area contributed by atoms with Crippen LogP contribution in [0.3, 0.4) is 0 Å². The monoisotopic (exact) mass is 790 g/mol. The van der Waals surface area contributed by atoms with Crippen LogP contribution in [0.4, 0.5) is 0 Å². The number of H-pyrrole nitrogens is 2. The number of ether oxygens (including phenoxy) is 3. The Kier molecular flexibility index (Phi) is 13.5. The molecule has 56 heavy (non-hydrogen) atoms. The molecule has 1 saturated heterocycles. The van der Waals surface area contributed by atoms with Crippen molar-refractivity contribution in [3.63, 3.8) is 0 Å². The largest absolute Gasteiger partial charge is 0.469 e. The second-order valence-corrected chi connectivity index (χ2v) is 16.7. The van der Waals surface area contributed by atoms with Gasteiger partial charge in [-0.15, -0.1) is 11.8 Å². The number of rotatable bonds is 13. The van der Waals surface area contributed by atoms with Crippen molar-refractivity contribution in [1.29, 1.82) is 0 Å². The molecule has 0 amide bonds. The van der Waals surface area contributed by atoms with E-state index >= 15 is 0 Å². The van der Waals surface area contributed by atoms with Gasteiger partial charge in [-0.25, -0.2) is 4.98 Å². The fraction of sp³-hybridized carbons (Fsp3) is 0.558. The molecule has 13 heteroatoms. The van der Waals surface area contributed by atoms with Crippen LogP contribution in [0.2, 0.25) is 0 Å². The maximum atomic E-state index is 12.3. The summed E-state index contributed by atoms with van der Waals surface area (Å²) in [5.74, 6) is 0.497. The lowest BCUT2D eigenvalue weighted by molar-refractivity contribution is -0.205. The molecule has 3 aromatic heterocycles. The molecule has 12 nitrogen and oxygen atoms in total. The third-order valence-electron chi connectivity index (χ3n) is 11.8. The van der Waals surface area contributed by atoms with E-state index in [4.69, 9.17) is 24.2 Å². The average Bonchev–Trinajstić information content (AvgIpc) is 3.89. The molecule has 3 aromatic rings. The fourth-order valence-corrected chi connectivity index (χ4v) is 9.43. The van der Waals surface area contributed by atoms with Gasteiger partial charge in [0.1, 0.15) is 29.9 Å². The lowest BCUT2D eigenvalue weighted by atomic mass is 9.86. The van der Waals surface area contributed by atoms with Crippen LogP contribution < -0.4 is 0 Å². The van der Waals surface area contributed by atoms with Crippen LogP contribution in [-0.2, 0) is 19.0 Å². The number of thioether (sulfide) groups is 1. The van der Waals surface area contributed by atoms with E-state index in [1.165, 1.54) is 24.4 Å². The first-order valence-electron chi connectivity index (χ1n) is 19.8. The number of carbonyl (C=O) groups is 1. The highest BCUT2D eigenvalue weighted by atomic mass is 32.2. The minimum atomic E-state index is -1.38. The summed E-state index contributed by atoms with van der Waals surface area (Å²) >= 11 is 1.33. The van der Waals surface area contributed by atoms with E-state index in [0.717, 1.165) is 79.1 Å². The van der Waals surface area contributed by atoms with Gasteiger partial charge in [0.15, 0.2) is 0 Å². The van der Waals surface area contributed by atoms with Gasteiger partial charge in [0.2, 0.25) is 0 Å². The van der Waals surface area contributed by atoms with E-state index in [2.05, 4.69) is 82.7 Å². The first-order chi connectivity index (χ1) is 26.8. The van der Waals surface area contributed by atoms with Crippen LogP contribution in [0.25, 0.3) is 33.2 Å². The fourth-order valence-electron chi connectivity index (χ4n) is 8.33. The molecule has 6 N–H and O–H groups in total. The maximum absolute atomic E-state index is 12.3. The topological polar surface area (TPSA) is 183 Å². The van der Waals surface area contributed by atoms with Gasteiger partial charge in [0, 0.05) is 64.2 Å². The lowest BCUT2D eigenvalue weighted by Crippen LogP contribution is -2.57. The minimum absolute atomic E-state index is 0.0277. The molecule has 0 spiro atoms. The summed E-state index contributed by atoms with van der Waals surface area (Å²) < 4.78 is 16.9. The Hall–Kier alpha value is -3.56.